The Kier molecular flexibility index (Phi) is 9.23. The molecule has 3 atom stereocenters. The molecular weight excluding hydrogens is 540 g/mol. The average Bonchev–Trinajstić information content (AvgIpc) is 3.41. The lowest BCUT2D eigenvalue weighted by molar-refractivity contribution is -0.0969. The Morgan fingerprint density at radius 2 is 1.85 bits per heavy atom. The van der Waals surface area contributed by atoms with E-state index in [-0.39, 0.29) is 37.0 Å². The summed E-state index contributed by atoms with van der Waals surface area (Å²) in [6.45, 7) is 2.04. The number of ether oxygens (including phenoxy) is 1. The smallest absolute Gasteiger partial charge is 0.275 e. The molecule has 1 aromatic heterocycles. The number of nitrogens with one attached hydrogen (secondary N) is 1. The largest absolute Gasteiger partial charge is 0.385 e. The number of rotatable bonds is 10. The summed E-state index contributed by atoms with van der Waals surface area (Å²) in [6, 6.07) is 19.6. The van der Waals surface area contributed by atoms with Crippen molar-refractivity contribution in [1.82, 2.24) is 19.8 Å². The maximum Gasteiger partial charge on any atom is 0.275 e. The van der Waals surface area contributed by atoms with Gasteiger partial charge in [0.1, 0.15) is 15.4 Å². The van der Waals surface area contributed by atoms with Crippen molar-refractivity contribution in [1.29, 1.82) is 0 Å². The van der Waals surface area contributed by atoms with Crippen LogP contribution in [0.1, 0.15) is 47.8 Å². The molecule has 10 heteroatoms. The molecule has 2 heterocycles. The fraction of sp³-hybridized carbons (Fsp3) is 0.484. The summed E-state index contributed by atoms with van der Waals surface area (Å²) in [5.41, 5.74) is 1.88. The van der Waals surface area contributed by atoms with Gasteiger partial charge in [-0.25, -0.2) is 13.4 Å². The molecule has 1 aliphatic heterocycles. The summed E-state index contributed by atoms with van der Waals surface area (Å²) < 4.78 is 30.8. The minimum atomic E-state index is -3.17. The number of imidazole rings is 1. The van der Waals surface area contributed by atoms with Gasteiger partial charge < -0.3 is 24.6 Å². The van der Waals surface area contributed by atoms with E-state index in [2.05, 4.69) is 17.4 Å². The predicted octanol–water partition coefficient (Wildman–Crippen LogP) is 3.11. The number of benzene rings is 2. The summed E-state index contributed by atoms with van der Waals surface area (Å²) in [5, 5.41) is 15.3. The van der Waals surface area contributed by atoms with Crippen LogP contribution in [-0.4, -0.2) is 90.4 Å². The molecule has 1 amide bonds. The minimum absolute atomic E-state index is 0.0118. The summed E-state index contributed by atoms with van der Waals surface area (Å²) in [7, 11) is -3.17. The third kappa shape index (κ3) is 7.06. The minimum Gasteiger partial charge on any atom is -0.385 e. The summed E-state index contributed by atoms with van der Waals surface area (Å²) in [4.78, 5) is 20.9. The fourth-order valence-corrected chi connectivity index (χ4v) is 6.52. The highest BCUT2D eigenvalue weighted by Crippen LogP contribution is 2.41. The van der Waals surface area contributed by atoms with Crippen molar-refractivity contribution in [3.63, 3.8) is 0 Å². The third-order valence-electron chi connectivity index (χ3n) is 8.21. The van der Waals surface area contributed by atoms with Gasteiger partial charge >= 0.3 is 0 Å². The van der Waals surface area contributed by atoms with E-state index in [1.165, 1.54) is 11.8 Å². The molecule has 3 aromatic rings. The molecule has 2 N–H and O–H groups in total. The highest BCUT2D eigenvalue weighted by atomic mass is 32.2. The van der Waals surface area contributed by atoms with Gasteiger partial charge in [-0.15, -0.1) is 0 Å². The molecule has 5 rings (SSSR count). The average molecular weight is 581 g/mol. The molecule has 1 aliphatic carbocycles. The molecule has 0 spiro atoms. The molecule has 1 saturated heterocycles. The first kappa shape index (κ1) is 29.4. The van der Waals surface area contributed by atoms with E-state index < -0.39 is 15.4 Å². The van der Waals surface area contributed by atoms with Crippen molar-refractivity contribution in [2.45, 2.75) is 49.8 Å². The van der Waals surface area contributed by atoms with Crippen LogP contribution in [0.4, 0.5) is 0 Å². The summed E-state index contributed by atoms with van der Waals surface area (Å²) in [5.74, 6) is -0.213. The van der Waals surface area contributed by atoms with Crippen molar-refractivity contribution in [2.24, 2.45) is 0 Å². The molecule has 2 aromatic carbocycles. The molecule has 0 bridgehead atoms. The van der Waals surface area contributed by atoms with Gasteiger partial charge in [-0.2, -0.15) is 0 Å². The summed E-state index contributed by atoms with van der Waals surface area (Å²) >= 11 is 0. The SMILES string of the molecule is CS(=O)(=O)CCOCC1(O)CCCCC1n1cnc(C(=O)N2CCNC[C@H]2Cc2ccccc2)c1-c1ccccc1. The Morgan fingerprint density at radius 3 is 2.59 bits per heavy atom. The van der Waals surface area contributed by atoms with E-state index in [1.54, 1.807) is 6.33 Å². The van der Waals surface area contributed by atoms with E-state index in [9.17, 15) is 18.3 Å². The van der Waals surface area contributed by atoms with Crippen molar-refractivity contribution in [3.05, 3.63) is 78.2 Å². The molecule has 1 saturated carbocycles. The standard InChI is InChI=1S/C31H40N4O5S/c1-41(38,39)19-18-40-22-31(37)15-9-8-14-27(31)35-23-33-28(29(35)25-12-6-3-7-13-25)30(36)34-17-16-32-21-26(34)20-24-10-4-2-5-11-24/h2-7,10-13,23,26-27,32,37H,8-9,14-22H2,1H3/t26-,27?,31?/m1/s1. The van der Waals surface area contributed by atoms with Crippen molar-refractivity contribution >= 4 is 15.7 Å². The number of hydrogen-bond acceptors (Lipinski definition) is 7. The molecule has 41 heavy (non-hydrogen) atoms. The quantitative estimate of drug-likeness (QED) is 0.354. The van der Waals surface area contributed by atoms with Crippen LogP contribution in [0.25, 0.3) is 11.3 Å². The molecule has 9 nitrogen and oxygen atoms in total. The second-order valence-corrected chi connectivity index (χ2v) is 13.6. The van der Waals surface area contributed by atoms with Crippen molar-refractivity contribution < 1.29 is 23.1 Å². The van der Waals surface area contributed by atoms with Crippen LogP contribution in [0, 0.1) is 0 Å². The number of carbonyl (C=O) groups excluding carboxylic acids is 1. The number of sulfone groups is 1. The first-order valence-electron chi connectivity index (χ1n) is 14.4. The Labute approximate surface area is 242 Å². The lowest BCUT2D eigenvalue weighted by atomic mass is 9.80. The van der Waals surface area contributed by atoms with Gasteiger partial charge in [0.05, 0.1) is 37.0 Å². The fourth-order valence-electron chi connectivity index (χ4n) is 6.10. The van der Waals surface area contributed by atoms with Crippen LogP contribution < -0.4 is 5.32 Å². The van der Waals surface area contributed by atoms with Gasteiger partial charge in [-0.3, -0.25) is 4.79 Å². The summed E-state index contributed by atoms with van der Waals surface area (Å²) in [6.07, 6.45) is 6.57. The van der Waals surface area contributed by atoms with Gasteiger partial charge in [0.2, 0.25) is 0 Å². The molecule has 2 aliphatic rings. The van der Waals surface area contributed by atoms with Crippen LogP contribution in [0.5, 0.6) is 0 Å². The number of nitrogens with zero attached hydrogens (tertiary/aromatic N) is 3. The van der Waals surface area contributed by atoms with Gasteiger partial charge in [-0.05, 0) is 24.8 Å². The Bertz CT molecular complexity index is 1410. The van der Waals surface area contributed by atoms with E-state index in [1.807, 2.05) is 58.0 Å². The maximum absolute atomic E-state index is 14.2. The van der Waals surface area contributed by atoms with Crippen LogP contribution >= 0.6 is 0 Å². The molecule has 0 radical (unpaired) electrons. The normalized spacial score (nSPS) is 23.4. The second kappa shape index (κ2) is 12.9. The van der Waals surface area contributed by atoms with Crippen LogP contribution in [0.3, 0.4) is 0 Å². The highest BCUT2D eigenvalue weighted by molar-refractivity contribution is 7.90. The highest BCUT2D eigenvalue weighted by Gasteiger charge is 2.42. The van der Waals surface area contributed by atoms with Crippen LogP contribution in [-0.2, 0) is 21.0 Å². The van der Waals surface area contributed by atoms with Gasteiger partial charge in [0.15, 0.2) is 5.69 Å². The van der Waals surface area contributed by atoms with E-state index in [0.29, 0.717) is 43.9 Å². The van der Waals surface area contributed by atoms with Gasteiger partial charge in [0, 0.05) is 37.5 Å². The first-order chi connectivity index (χ1) is 19.8. The third-order valence-corrected chi connectivity index (χ3v) is 9.12. The van der Waals surface area contributed by atoms with Crippen molar-refractivity contribution in [3.8, 4) is 11.3 Å². The van der Waals surface area contributed by atoms with Crippen LogP contribution in [0.2, 0.25) is 0 Å². The second-order valence-electron chi connectivity index (χ2n) is 11.3. The number of hydrogen-bond donors (Lipinski definition) is 2. The Balaban J connectivity index is 1.47. The molecule has 2 fully saturated rings. The number of aliphatic hydroxyl groups is 1. The van der Waals surface area contributed by atoms with Crippen LogP contribution in [0.15, 0.2) is 67.0 Å². The zero-order valence-corrected chi connectivity index (χ0v) is 24.4. The topological polar surface area (TPSA) is 114 Å². The van der Waals surface area contributed by atoms with Gasteiger partial charge in [0.25, 0.3) is 5.91 Å². The number of aromatic nitrogens is 2. The number of piperazine rings is 1. The zero-order valence-electron chi connectivity index (χ0n) is 23.6. The number of amides is 1. The zero-order chi connectivity index (χ0) is 28.9. The Morgan fingerprint density at radius 1 is 1.12 bits per heavy atom. The monoisotopic (exact) mass is 580 g/mol. The Hall–Kier alpha value is -3.05. The van der Waals surface area contributed by atoms with Crippen molar-refractivity contribution in [2.75, 3.05) is 44.9 Å². The molecule has 220 valence electrons. The van der Waals surface area contributed by atoms with E-state index >= 15 is 0 Å². The lowest BCUT2D eigenvalue weighted by Gasteiger charge is -2.41. The maximum atomic E-state index is 14.2. The molecular formula is C31H40N4O5S. The first-order valence-corrected chi connectivity index (χ1v) is 16.5. The lowest BCUT2D eigenvalue weighted by Crippen LogP contribution is -2.54. The van der Waals surface area contributed by atoms with Gasteiger partial charge in [-0.1, -0.05) is 73.5 Å². The predicted molar refractivity (Wildman–Crippen MR) is 158 cm³/mol. The number of carbonyl (C=O) groups is 1. The molecule has 2 unspecified atom stereocenters. The van der Waals surface area contributed by atoms with E-state index in [4.69, 9.17) is 9.72 Å². The van der Waals surface area contributed by atoms with E-state index in [0.717, 1.165) is 24.8 Å².